The van der Waals surface area contributed by atoms with Gasteiger partial charge in [-0.15, -0.1) is 0 Å². The van der Waals surface area contributed by atoms with Gasteiger partial charge in [-0.3, -0.25) is 0 Å². The van der Waals surface area contributed by atoms with Crippen LogP contribution in [0.4, 0.5) is 0 Å². The van der Waals surface area contributed by atoms with Gasteiger partial charge in [0.15, 0.2) is 0 Å². The Balaban J connectivity index is 2.17. The zero-order valence-corrected chi connectivity index (χ0v) is 13.5. The normalized spacial score (nSPS) is 12.2. The van der Waals surface area contributed by atoms with Crippen molar-refractivity contribution < 1.29 is 4.74 Å². The van der Waals surface area contributed by atoms with Crippen LogP contribution in [0.1, 0.15) is 30.5 Å². The number of ether oxygens (including phenoxy) is 1. The first-order valence-electron chi connectivity index (χ1n) is 6.90. The van der Waals surface area contributed by atoms with Crippen molar-refractivity contribution in [3.63, 3.8) is 0 Å². The molecule has 0 aliphatic carbocycles. The highest BCUT2D eigenvalue weighted by Gasteiger charge is 2.11. The predicted octanol–water partition coefficient (Wildman–Crippen LogP) is 4.55. The Kier molecular flexibility index (Phi) is 5.62. The molecule has 0 heterocycles. The number of hydrogen-bond donors (Lipinski definition) is 1. The average Bonchev–Trinajstić information content (AvgIpc) is 2.49. The van der Waals surface area contributed by atoms with E-state index >= 15 is 0 Å². The smallest absolute Gasteiger partial charge is 0.119 e. The fourth-order valence-corrected chi connectivity index (χ4v) is 2.42. The second kappa shape index (κ2) is 7.46. The van der Waals surface area contributed by atoms with Gasteiger partial charge < -0.3 is 10.1 Å². The van der Waals surface area contributed by atoms with Crippen LogP contribution in [0, 0.1) is 0 Å². The molecule has 0 fully saturated rings. The third kappa shape index (κ3) is 3.84. The van der Waals surface area contributed by atoms with E-state index in [1.165, 1.54) is 11.1 Å². The van der Waals surface area contributed by atoms with Gasteiger partial charge in [0, 0.05) is 4.47 Å². The molecule has 0 saturated heterocycles. The molecule has 2 aromatic rings. The third-order valence-corrected chi connectivity index (χ3v) is 3.71. The zero-order valence-electron chi connectivity index (χ0n) is 11.9. The molecule has 3 heteroatoms. The van der Waals surface area contributed by atoms with Crippen LogP contribution in [0.15, 0.2) is 53.0 Å². The van der Waals surface area contributed by atoms with Crippen molar-refractivity contribution in [1.29, 1.82) is 0 Å². The van der Waals surface area contributed by atoms with Gasteiger partial charge >= 0.3 is 0 Å². The molecular weight excluding hydrogens is 314 g/mol. The van der Waals surface area contributed by atoms with Gasteiger partial charge in [-0.2, -0.15) is 0 Å². The van der Waals surface area contributed by atoms with E-state index in [1.54, 1.807) is 0 Å². The van der Waals surface area contributed by atoms with E-state index in [0.29, 0.717) is 0 Å². The lowest BCUT2D eigenvalue weighted by molar-refractivity contribution is 0.317. The summed E-state index contributed by atoms with van der Waals surface area (Å²) in [6.45, 7) is 2.88. The molecule has 1 N–H and O–H groups in total. The molecule has 0 aliphatic rings. The minimum Gasteiger partial charge on any atom is -0.494 e. The fraction of sp³-hybridized carbons (Fsp3) is 0.294. The Bertz CT molecular complexity index is 522. The second-order valence-corrected chi connectivity index (χ2v) is 5.61. The van der Waals surface area contributed by atoms with Crippen LogP contribution in [0.2, 0.25) is 0 Å². The van der Waals surface area contributed by atoms with E-state index in [1.807, 2.05) is 19.2 Å². The van der Waals surface area contributed by atoms with Crippen LogP contribution in [0.5, 0.6) is 5.75 Å². The third-order valence-electron chi connectivity index (χ3n) is 3.18. The van der Waals surface area contributed by atoms with E-state index in [9.17, 15) is 0 Å². The molecule has 1 unspecified atom stereocenters. The summed E-state index contributed by atoms with van der Waals surface area (Å²) in [5.41, 5.74) is 2.48. The molecule has 0 bridgehead atoms. The Morgan fingerprint density at radius 3 is 2.05 bits per heavy atom. The van der Waals surface area contributed by atoms with Gasteiger partial charge in [-0.1, -0.05) is 47.1 Å². The van der Waals surface area contributed by atoms with Crippen molar-refractivity contribution in [1.82, 2.24) is 5.32 Å². The molecule has 0 aliphatic heterocycles. The molecular formula is C17H20BrNO. The van der Waals surface area contributed by atoms with Gasteiger partial charge in [-0.05, 0) is 48.9 Å². The SMILES string of the molecule is CCCOc1ccc(C(NC)c2ccc(Br)cc2)cc1. The number of benzene rings is 2. The molecule has 20 heavy (non-hydrogen) atoms. The molecule has 0 aromatic heterocycles. The summed E-state index contributed by atoms with van der Waals surface area (Å²) in [7, 11) is 1.98. The molecule has 2 rings (SSSR count). The first-order valence-corrected chi connectivity index (χ1v) is 7.69. The lowest BCUT2D eigenvalue weighted by Gasteiger charge is -2.18. The summed E-state index contributed by atoms with van der Waals surface area (Å²) in [5, 5.41) is 3.36. The van der Waals surface area contributed by atoms with Crippen molar-refractivity contribution in [2.24, 2.45) is 0 Å². The zero-order chi connectivity index (χ0) is 14.4. The quantitative estimate of drug-likeness (QED) is 0.837. The Morgan fingerprint density at radius 1 is 1.00 bits per heavy atom. The summed E-state index contributed by atoms with van der Waals surface area (Å²) in [5.74, 6) is 0.932. The Labute approximate surface area is 129 Å². The summed E-state index contributed by atoms with van der Waals surface area (Å²) in [4.78, 5) is 0. The average molecular weight is 334 g/mol. The lowest BCUT2D eigenvalue weighted by Crippen LogP contribution is -2.17. The molecule has 1 atom stereocenters. The van der Waals surface area contributed by atoms with Gasteiger partial charge in [0.1, 0.15) is 5.75 Å². The highest BCUT2D eigenvalue weighted by atomic mass is 79.9. The second-order valence-electron chi connectivity index (χ2n) is 4.69. The molecule has 0 radical (unpaired) electrons. The van der Waals surface area contributed by atoms with E-state index < -0.39 is 0 Å². The summed E-state index contributed by atoms with van der Waals surface area (Å²) < 4.78 is 6.72. The number of halogens is 1. The Morgan fingerprint density at radius 2 is 1.55 bits per heavy atom. The lowest BCUT2D eigenvalue weighted by atomic mass is 9.99. The topological polar surface area (TPSA) is 21.3 Å². The fourth-order valence-electron chi connectivity index (χ4n) is 2.16. The maximum atomic E-state index is 5.62. The van der Waals surface area contributed by atoms with Crippen LogP contribution in [-0.2, 0) is 0 Å². The van der Waals surface area contributed by atoms with Crippen LogP contribution in [0.3, 0.4) is 0 Å². The van der Waals surface area contributed by atoms with Gasteiger partial charge in [0.05, 0.1) is 12.6 Å². The van der Waals surface area contributed by atoms with Gasteiger partial charge in [0.25, 0.3) is 0 Å². The first-order chi connectivity index (χ1) is 9.74. The van der Waals surface area contributed by atoms with Crippen molar-refractivity contribution in [2.75, 3.05) is 13.7 Å². The minimum atomic E-state index is 0.198. The van der Waals surface area contributed by atoms with E-state index in [-0.39, 0.29) is 6.04 Å². The predicted molar refractivity (Wildman–Crippen MR) is 87.3 cm³/mol. The monoisotopic (exact) mass is 333 g/mol. The molecule has 2 aromatic carbocycles. The number of hydrogen-bond acceptors (Lipinski definition) is 2. The first kappa shape index (κ1) is 15.1. The van der Waals surface area contributed by atoms with E-state index in [0.717, 1.165) is 23.2 Å². The maximum absolute atomic E-state index is 5.62. The summed E-state index contributed by atoms with van der Waals surface area (Å²) in [6, 6.07) is 16.9. The molecule has 0 amide bonds. The summed E-state index contributed by atoms with van der Waals surface area (Å²) >= 11 is 3.47. The molecule has 106 valence electrons. The van der Waals surface area contributed by atoms with E-state index in [4.69, 9.17) is 4.74 Å². The van der Waals surface area contributed by atoms with Crippen molar-refractivity contribution in [2.45, 2.75) is 19.4 Å². The van der Waals surface area contributed by atoms with Gasteiger partial charge in [-0.25, -0.2) is 0 Å². The van der Waals surface area contributed by atoms with Crippen LogP contribution in [-0.4, -0.2) is 13.7 Å². The van der Waals surface area contributed by atoms with Crippen LogP contribution >= 0.6 is 15.9 Å². The largest absolute Gasteiger partial charge is 0.494 e. The van der Waals surface area contributed by atoms with Gasteiger partial charge in [0.2, 0.25) is 0 Å². The van der Waals surface area contributed by atoms with Crippen molar-refractivity contribution >= 4 is 15.9 Å². The van der Waals surface area contributed by atoms with Crippen LogP contribution < -0.4 is 10.1 Å². The molecule has 0 saturated carbocycles. The summed E-state index contributed by atoms with van der Waals surface area (Å²) in [6.07, 6.45) is 1.03. The highest BCUT2D eigenvalue weighted by molar-refractivity contribution is 9.10. The standard InChI is InChI=1S/C17H20BrNO/c1-3-12-20-16-10-6-14(7-11-16)17(19-2)13-4-8-15(18)9-5-13/h4-11,17,19H,3,12H2,1-2H3. The Hall–Kier alpha value is -1.32. The maximum Gasteiger partial charge on any atom is 0.119 e. The molecule has 0 spiro atoms. The minimum absolute atomic E-state index is 0.198. The number of nitrogens with one attached hydrogen (secondary N) is 1. The number of rotatable bonds is 6. The van der Waals surface area contributed by atoms with Crippen molar-refractivity contribution in [3.8, 4) is 5.75 Å². The highest BCUT2D eigenvalue weighted by Crippen LogP contribution is 2.25. The van der Waals surface area contributed by atoms with E-state index in [2.05, 4.69) is 64.6 Å². The molecule has 2 nitrogen and oxygen atoms in total. The van der Waals surface area contributed by atoms with Crippen LogP contribution in [0.25, 0.3) is 0 Å². The van der Waals surface area contributed by atoms with Crippen molar-refractivity contribution in [3.05, 3.63) is 64.1 Å².